The summed E-state index contributed by atoms with van der Waals surface area (Å²) in [7, 11) is 1.99. The number of hydrogen-bond acceptors (Lipinski definition) is 5. The average molecular weight is 370 g/mol. The lowest BCUT2D eigenvalue weighted by Crippen LogP contribution is -2.33. The number of anilines is 2. The van der Waals surface area contributed by atoms with Gasteiger partial charge in [0, 0.05) is 31.3 Å². The molecule has 0 radical (unpaired) electrons. The van der Waals surface area contributed by atoms with E-state index in [0.717, 1.165) is 18.2 Å². The van der Waals surface area contributed by atoms with Gasteiger partial charge in [0.05, 0.1) is 13.1 Å². The molecule has 2 amide bonds. The average Bonchev–Trinajstić information content (AvgIpc) is 3.40. The lowest BCUT2D eigenvalue weighted by atomic mass is 10.2. The van der Waals surface area contributed by atoms with Gasteiger partial charge >= 0.3 is 0 Å². The first-order chi connectivity index (χ1) is 13.0. The second-order valence-corrected chi connectivity index (χ2v) is 6.92. The zero-order chi connectivity index (χ0) is 19.4. The maximum atomic E-state index is 12.4. The fourth-order valence-corrected chi connectivity index (χ4v) is 2.93. The van der Waals surface area contributed by atoms with Gasteiger partial charge in [-0.1, -0.05) is 6.92 Å². The Kier molecular flexibility index (Phi) is 5.85. The third-order valence-corrected chi connectivity index (χ3v) is 4.61. The zero-order valence-corrected chi connectivity index (χ0v) is 16.0. The van der Waals surface area contributed by atoms with Gasteiger partial charge in [0.1, 0.15) is 11.6 Å². The Morgan fingerprint density at radius 2 is 1.78 bits per heavy atom. The highest BCUT2D eigenvalue weighted by Crippen LogP contribution is 2.38. The largest absolute Gasteiger partial charge is 0.326 e. The van der Waals surface area contributed by atoms with Crippen molar-refractivity contribution in [1.82, 2.24) is 19.7 Å². The van der Waals surface area contributed by atoms with Gasteiger partial charge in [-0.2, -0.15) is 0 Å². The van der Waals surface area contributed by atoms with Crippen LogP contribution in [0.1, 0.15) is 44.3 Å². The SMILES string of the molecule is CCN(CC(=O)Nc1ccc(NC(C)=O)cc1)Cc1nnc(C2CC2)n1C. The molecule has 1 aliphatic carbocycles. The van der Waals surface area contributed by atoms with Crippen LogP contribution in [-0.2, 0) is 23.2 Å². The molecule has 2 aromatic rings. The van der Waals surface area contributed by atoms with E-state index in [1.165, 1.54) is 19.8 Å². The highest BCUT2D eigenvalue weighted by Gasteiger charge is 2.29. The van der Waals surface area contributed by atoms with Crippen molar-refractivity contribution in [3.8, 4) is 0 Å². The molecule has 1 heterocycles. The number of carbonyl (C=O) groups excluding carboxylic acids is 2. The summed E-state index contributed by atoms with van der Waals surface area (Å²) in [6, 6.07) is 7.05. The standard InChI is InChI=1S/C19H26N6O2/c1-4-25(11-17-22-23-19(24(17)3)14-5-6-14)12-18(27)21-16-9-7-15(8-10-16)20-13(2)26/h7-10,14H,4-6,11-12H2,1-3H3,(H,20,26)(H,21,27). The number of benzene rings is 1. The minimum Gasteiger partial charge on any atom is -0.326 e. The number of hydrogen-bond donors (Lipinski definition) is 2. The van der Waals surface area contributed by atoms with Crippen molar-refractivity contribution in [2.24, 2.45) is 7.05 Å². The van der Waals surface area contributed by atoms with Crippen LogP contribution in [0.4, 0.5) is 11.4 Å². The number of nitrogens with zero attached hydrogens (tertiary/aromatic N) is 4. The van der Waals surface area contributed by atoms with Crippen LogP contribution in [0.5, 0.6) is 0 Å². The van der Waals surface area contributed by atoms with E-state index in [9.17, 15) is 9.59 Å². The van der Waals surface area contributed by atoms with E-state index in [1.54, 1.807) is 24.3 Å². The number of rotatable bonds is 8. The van der Waals surface area contributed by atoms with E-state index in [1.807, 2.05) is 18.9 Å². The molecule has 0 aliphatic heterocycles. The van der Waals surface area contributed by atoms with Crippen molar-refractivity contribution in [1.29, 1.82) is 0 Å². The molecule has 1 saturated carbocycles. The Morgan fingerprint density at radius 3 is 2.33 bits per heavy atom. The molecular weight excluding hydrogens is 344 g/mol. The molecule has 0 spiro atoms. The van der Waals surface area contributed by atoms with Crippen LogP contribution in [-0.4, -0.2) is 44.6 Å². The Hall–Kier alpha value is -2.74. The number of nitrogens with one attached hydrogen (secondary N) is 2. The van der Waals surface area contributed by atoms with Gasteiger partial charge in [0.15, 0.2) is 0 Å². The number of aromatic nitrogens is 3. The molecule has 0 atom stereocenters. The van der Waals surface area contributed by atoms with Crippen LogP contribution in [0.25, 0.3) is 0 Å². The van der Waals surface area contributed by atoms with Gasteiger partial charge in [0.25, 0.3) is 0 Å². The normalized spacial score (nSPS) is 13.6. The third-order valence-electron chi connectivity index (χ3n) is 4.61. The van der Waals surface area contributed by atoms with Crippen molar-refractivity contribution >= 4 is 23.2 Å². The number of carbonyl (C=O) groups is 2. The van der Waals surface area contributed by atoms with Gasteiger partial charge < -0.3 is 15.2 Å². The molecular formula is C19H26N6O2. The highest BCUT2D eigenvalue weighted by atomic mass is 16.2. The predicted octanol–water partition coefficient (Wildman–Crippen LogP) is 2.11. The lowest BCUT2D eigenvalue weighted by Gasteiger charge is -2.19. The smallest absolute Gasteiger partial charge is 0.238 e. The summed E-state index contributed by atoms with van der Waals surface area (Å²) in [5.41, 5.74) is 1.39. The minimum absolute atomic E-state index is 0.0892. The Bertz CT molecular complexity index is 810. The van der Waals surface area contributed by atoms with Crippen LogP contribution in [0, 0.1) is 0 Å². The van der Waals surface area contributed by atoms with Gasteiger partial charge in [-0.3, -0.25) is 14.5 Å². The molecule has 27 heavy (non-hydrogen) atoms. The molecule has 0 bridgehead atoms. The molecule has 0 unspecified atom stereocenters. The molecule has 1 fully saturated rings. The van der Waals surface area contributed by atoms with E-state index < -0.39 is 0 Å². The second kappa shape index (κ2) is 8.30. The van der Waals surface area contributed by atoms with Gasteiger partial charge in [0.2, 0.25) is 11.8 Å². The quantitative estimate of drug-likeness (QED) is 0.742. The third kappa shape index (κ3) is 5.13. The fraction of sp³-hybridized carbons (Fsp3) is 0.474. The zero-order valence-electron chi connectivity index (χ0n) is 16.0. The molecule has 144 valence electrons. The summed E-state index contributed by atoms with van der Waals surface area (Å²) in [5.74, 6) is 2.26. The second-order valence-electron chi connectivity index (χ2n) is 6.92. The summed E-state index contributed by atoms with van der Waals surface area (Å²) < 4.78 is 2.05. The predicted molar refractivity (Wildman–Crippen MR) is 103 cm³/mol. The monoisotopic (exact) mass is 370 g/mol. The van der Waals surface area contributed by atoms with Crippen molar-refractivity contribution in [3.05, 3.63) is 35.9 Å². The first-order valence-electron chi connectivity index (χ1n) is 9.24. The van der Waals surface area contributed by atoms with E-state index in [4.69, 9.17) is 0 Å². The van der Waals surface area contributed by atoms with Crippen LogP contribution < -0.4 is 10.6 Å². The van der Waals surface area contributed by atoms with Crippen LogP contribution in [0.2, 0.25) is 0 Å². The van der Waals surface area contributed by atoms with E-state index in [0.29, 0.717) is 23.8 Å². The number of likely N-dealkylation sites (N-methyl/N-ethyl adjacent to an activating group) is 1. The highest BCUT2D eigenvalue weighted by molar-refractivity contribution is 5.93. The van der Waals surface area contributed by atoms with Gasteiger partial charge in [-0.25, -0.2) is 0 Å². The molecule has 3 rings (SSSR count). The molecule has 1 aromatic carbocycles. The molecule has 8 nitrogen and oxygen atoms in total. The fourth-order valence-electron chi connectivity index (χ4n) is 2.93. The van der Waals surface area contributed by atoms with Crippen LogP contribution >= 0.6 is 0 Å². The Morgan fingerprint density at radius 1 is 1.15 bits per heavy atom. The van der Waals surface area contributed by atoms with Gasteiger partial charge in [-0.05, 0) is 43.7 Å². The van der Waals surface area contributed by atoms with Crippen molar-refractivity contribution in [2.45, 2.75) is 39.2 Å². The Balaban J connectivity index is 1.54. The molecule has 8 heteroatoms. The topological polar surface area (TPSA) is 92.2 Å². The van der Waals surface area contributed by atoms with Crippen molar-refractivity contribution in [3.63, 3.8) is 0 Å². The molecule has 1 aliphatic rings. The van der Waals surface area contributed by atoms with E-state index in [2.05, 4.69) is 25.4 Å². The first-order valence-corrected chi connectivity index (χ1v) is 9.24. The summed E-state index contributed by atoms with van der Waals surface area (Å²) in [6.07, 6.45) is 2.37. The number of amides is 2. The maximum Gasteiger partial charge on any atom is 0.238 e. The van der Waals surface area contributed by atoms with E-state index in [-0.39, 0.29) is 18.4 Å². The summed E-state index contributed by atoms with van der Waals surface area (Å²) in [4.78, 5) is 25.5. The van der Waals surface area contributed by atoms with Crippen molar-refractivity contribution in [2.75, 3.05) is 23.7 Å². The molecule has 0 saturated heterocycles. The summed E-state index contributed by atoms with van der Waals surface area (Å²) >= 11 is 0. The molecule has 2 N–H and O–H groups in total. The minimum atomic E-state index is -0.126. The van der Waals surface area contributed by atoms with Crippen LogP contribution in [0.3, 0.4) is 0 Å². The summed E-state index contributed by atoms with van der Waals surface area (Å²) in [5, 5.41) is 14.2. The van der Waals surface area contributed by atoms with Crippen molar-refractivity contribution < 1.29 is 9.59 Å². The Labute approximate surface area is 159 Å². The molecule has 1 aromatic heterocycles. The lowest BCUT2D eigenvalue weighted by molar-refractivity contribution is -0.117. The first kappa shape index (κ1) is 19.0. The summed E-state index contributed by atoms with van der Waals surface area (Å²) in [6.45, 7) is 5.07. The van der Waals surface area contributed by atoms with E-state index >= 15 is 0 Å². The van der Waals surface area contributed by atoms with Crippen LogP contribution in [0.15, 0.2) is 24.3 Å². The maximum absolute atomic E-state index is 12.4. The van der Waals surface area contributed by atoms with Gasteiger partial charge in [-0.15, -0.1) is 10.2 Å².